The van der Waals surface area contributed by atoms with E-state index in [0.717, 1.165) is 35.0 Å². The van der Waals surface area contributed by atoms with Gasteiger partial charge in [0.2, 0.25) is 5.91 Å². The number of aromatic nitrogens is 2. The summed E-state index contributed by atoms with van der Waals surface area (Å²) in [6.45, 7) is 0.600. The molecule has 0 saturated carbocycles. The zero-order valence-electron chi connectivity index (χ0n) is 17.0. The highest BCUT2D eigenvalue weighted by Crippen LogP contribution is 2.34. The van der Waals surface area contributed by atoms with Crippen LogP contribution in [0.3, 0.4) is 0 Å². The maximum atomic E-state index is 14.1. The van der Waals surface area contributed by atoms with Crippen LogP contribution in [0.4, 0.5) is 10.1 Å². The van der Waals surface area contributed by atoms with Gasteiger partial charge in [0.05, 0.1) is 23.5 Å². The molecule has 4 rings (SSSR count). The van der Waals surface area contributed by atoms with Crippen LogP contribution in [0.1, 0.15) is 22.7 Å². The van der Waals surface area contributed by atoms with E-state index in [-0.39, 0.29) is 29.6 Å². The van der Waals surface area contributed by atoms with E-state index in [1.807, 2.05) is 0 Å². The van der Waals surface area contributed by atoms with Gasteiger partial charge in [-0.15, -0.1) is 23.1 Å². The number of nitrogens with one attached hydrogen (secondary N) is 2. The van der Waals surface area contributed by atoms with Crippen molar-refractivity contribution in [2.45, 2.75) is 25.0 Å². The molecule has 0 unspecified atom stereocenters. The van der Waals surface area contributed by atoms with Gasteiger partial charge in [-0.1, -0.05) is 0 Å². The lowest BCUT2D eigenvalue weighted by molar-refractivity contribution is -0.113. The summed E-state index contributed by atoms with van der Waals surface area (Å²) in [6.07, 6.45) is 3.05. The number of fused-ring (bicyclic) bond motifs is 3. The number of hydrogen-bond acceptors (Lipinski definition) is 7. The minimum atomic E-state index is -0.556. The van der Waals surface area contributed by atoms with Crippen LogP contribution in [0.2, 0.25) is 0 Å². The van der Waals surface area contributed by atoms with E-state index in [1.165, 1.54) is 35.9 Å². The van der Waals surface area contributed by atoms with Gasteiger partial charge in [0.1, 0.15) is 17.3 Å². The molecule has 2 aromatic heterocycles. The lowest BCUT2D eigenvalue weighted by atomic mass is 10.2. The van der Waals surface area contributed by atoms with E-state index in [4.69, 9.17) is 9.47 Å². The monoisotopic (exact) mass is 463 g/mol. The van der Waals surface area contributed by atoms with Crippen molar-refractivity contribution in [3.63, 3.8) is 0 Å². The molecule has 2 N–H and O–H groups in total. The fourth-order valence-electron chi connectivity index (χ4n) is 3.48. The lowest BCUT2D eigenvalue weighted by Gasteiger charge is -2.09. The van der Waals surface area contributed by atoms with Gasteiger partial charge in [-0.05, 0) is 37.0 Å². The fourth-order valence-corrected chi connectivity index (χ4v) is 5.45. The number of amides is 1. The number of methoxy groups -OCH3 is 1. The number of carbonyl (C=O) groups is 1. The molecule has 31 heavy (non-hydrogen) atoms. The molecule has 0 bridgehead atoms. The van der Waals surface area contributed by atoms with Crippen LogP contribution < -0.4 is 15.6 Å². The summed E-state index contributed by atoms with van der Waals surface area (Å²) in [6, 6.07) is 4.26. The molecule has 2 heterocycles. The number of thioether (sulfide) groups is 1. The molecular formula is C21H22FN3O4S2. The first-order chi connectivity index (χ1) is 15.0. The minimum absolute atomic E-state index is 0.104. The first-order valence-electron chi connectivity index (χ1n) is 9.87. The number of nitrogens with zero attached hydrogens (tertiary/aromatic N) is 1. The van der Waals surface area contributed by atoms with Crippen molar-refractivity contribution in [1.29, 1.82) is 0 Å². The first kappa shape index (κ1) is 21.8. The molecule has 7 nitrogen and oxygen atoms in total. The summed E-state index contributed by atoms with van der Waals surface area (Å²) in [4.78, 5) is 34.1. The molecule has 1 aliphatic carbocycles. The van der Waals surface area contributed by atoms with E-state index >= 15 is 0 Å². The second-order valence-electron chi connectivity index (χ2n) is 7.08. The topological polar surface area (TPSA) is 93.3 Å². The Morgan fingerprint density at radius 2 is 2.23 bits per heavy atom. The average Bonchev–Trinajstić information content (AvgIpc) is 3.30. The standard InChI is InChI=1S/C21H22FN3O4S2/c1-28-7-8-29-15-6-5-12(9-14(15)22)23-18(26)11-30-10-17-24-20(27)19-13-3-2-4-16(13)31-21(19)25-17/h5-6,9H,2-4,7-8,10-11H2,1H3,(H,23,26)(H,24,25,27). The highest BCUT2D eigenvalue weighted by atomic mass is 32.2. The summed E-state index contributed by atoms with van der Waals surface area (Å²) in [5, 5.41) is 3.38. The molecule has 3 aromatic rings. The third-order valence-electron chi connectivity index (χ3n) is 4.86. The number of carbonyl (C=O) groups excluding carboxylic acids is 1. The Hall–Kier alpha value is -2.43. The number of aromatic amines is 1. The molecule has 0 radical (unpaired) electrons. The number of thiophene rings is 1. The molecule has 1 aromatic carbocycles. The van der Waals surface area contributed by atoms with Gasteiger partial charge >= 0.3 is 0 Å². The summed E-state index contributed by atoms with van der Waals surface area (Å²) in [5.74, 6) is 0.391. The third-order valence-corrected chi connectivity index (χ3v) is 6.99. The van der Waals surface area contributed by atoms with E-state index in [2.05, 4.69) is 15.3 Å². The quantitative estimate of drug-likeness (QED) is 0.472. The normalized spacial score (nSPS) is 12.8. The van der Waals surface area contributed by atoms with Gasteiger partial charge in [0, 0.05) is 23.7 Å². The van der Waals surface area contributed by atoms with Crippen molar-refractivity contribution in [3.05, 3.63) is 50.6 Å². The van der Waals surface area contributed by atoms with E-state index in [0.29, 0.717) is 23.9 Å². The van der Waals surface area contributed by atoms with Crippen molar-refractivity contribution in [2.24, 2.45) is 0 Å². The fraction of sp³-hybridized carbons (Fsp3) is 0.381. The largest absolute Gasteiger partial charge is 0.488 e. The van der Waals surface area contributed by atoms with Crippen LogP contribution in [-0.2, 0) is 28.1 Å². The van der Waals surface area contributed by atoms with Crippen LogP contribution in [0.25, 0.3) is 10.2 Å². The van der Waals surface area contributed by atoms with Gasteiger partial charge in [0.15, 0.2) is 11.6 Å². The Morgan fingerprint density at radius 1 is 1.35 bits per heavy atom. The highest BCUT2D eigenvalue weighted by Gasteiger charge is 2.21. The Kier molecular flexibility index (Phi) is 6.89. The maximum Gasteiger partial charge on any atom is 0.259 e. The second kappa shape index (κ2) is 9.80. The summed E-state index contributed by atoms with van der Waals surface area (Å²) < 4.78 is 24.2. The smallest absolute Gasteiger partial charge is 0.259 e. The SMILES string of the molecule is COCCOc1ccc(NC(=O)CSCc2nc3sc4c(c3c(=O)[nH]2)CCC4)cc1F. The Morgan fingerprint density at radius 3 is 3.03 bits per heavy atom. The van der Waals surface area contributed by atoms with Crippen LogP contribution in [0.5, 0.6) is 5.75 Å². The molecular weight excluding hydrogens is 441 g/mol. The highest BCUT2D eigenvalue weighted by molar-refractivity contribution is 7.99. The maximum absolute atomic E-state index is 14.1. The van der Waals surface area contributed by atoms with Crippen LogP contribution >= 0.6 is 23.1 Å². The average molecular weight is 464 g/mol. The molecule has 10 heteroatoms. The number of halogens is 1. The minimum Gasteiger partial charge on any atom is -0.488 e. The number of ether oxygens (including phenoxy) is 2. The summed E-state index contributed by atoms with van der Waals surface area (Å²) in [5.41, 5.74) is 1.39. The van der Waals surface area contributed by atoms with Crippen molar-refractivity contribution in [1.82, 2.24) is 9.97 Å². The van der Waals surface area contributed by atoms with Gasteiger partial charge in [-0.3, -0.25) is 9.59 Å². The van der Waals surface area contributed by atoms with E-state index in [9.17, 15) is 14.0 Å². The predicted molar refractivity (Wildman–Crippen MR) is 121 cm³/mol. The van der Waals surface area contributed by atoms with Crippen molar-refractivity contribution in [2.75, 3.05) is 31.4 Å². The van der Waals surface area contributed by atoms with Crippen molar-refractivity contribution >= 4 is 44.9 Å². The van der Waals surface area contributed by atoms with Crippen LogP contribution in [-0.4, -0.2) is 42.0 Å². The molecule has 164 valence electrons. The molecule has 1 aliphatic rings. The lowest BCUT2D eigenvalue weighted by Crippen LogP contribution is -2.15. The summed E-state index contributed by atoms with van der Waals surface area (Å²) in [7, 11) is 1.54. The molecule has 0 spiro atoms. The van der Waals surface area contributed by atoms with E-state index < -0.39 is 5.82 Å². The van der Waals surface area contributed by atoms with Crippen molar-refractivity contribution in [3.8, 4) is 5.75 Å². The van der Waals surface area contributed by atoms with Gasteiger partial charge in [-0.25, -0.2) is 9.37 Å². The number of aryl methyl sites for hydroxylation is 2. The zero-order chi connectivity index (χ0) is 21.8. The molecule has 0 fully saturated rings. The third kappa shape index (κ3) is 5.08. The van der Waals surface area contributed by atoms with Gasteiger partial charge < -0.3 is 19.8 Å². The Balaban J connectivity index is 1.30. The molecule has 1 amide bonds. The van der Waals surface area contributed by atoms with Gasteiger partial charge in [-0.2, -0.15) is 0 Å². The molecule has 0 saturated heterocycles. The Bertz CT molecular complexity index is 1160. The first-order valence-corrected chi connectivity index (χ1v) is 11.8. The number of benzene rings is 1. The molecule has 0 aliphatic heterocycles. The van der Waals surface area contributed by atoms with Crippen LogP contribution in [0, 0.1) is 5.82 Å². The summed E-state index contributed by atoms with van der Waals surface area (Å²) >= 11 is 2.92. The Labute approximate surface area is 186 Å². The zero-order valence-corrected chi connectivity index (χ0v) is 18.6. The number of H-pyrrole nitrogens is 1. The van der Waals surface area contributed by atoms with Gasteiger partial charge in [0.25, 0.3) is 5.56 Å². The van der Waals surface area contributed by atoms with Crippen LogP contribution in [0.15, 0.2) is 23.0 Å². The predicted octanol–water partition coefficient (Wildman–Crippen LogP) is 3.51. The van der Waals surface area contributed by atoms with Crippen molar-refractivity contribution < 1.29 is 18.7 Å². The second-order valence-corrected chi connectivity index (χ2v) is 9.15. The van der Waals surface area contributed by atoms with E-state index in [1.54, 1.807) is 17.4 Å². The number of anilines is 1. The number of rotatable bonds is 9. The number of hydrogen-bond donors (Lipinski definition) is 2. The molecule has 0 atom stereocenters.